The number of hydrogen-bond donors (Lipinski definition) is 0. The van der Waals surface area contributed by atoms with Gasteiger partial charge in [-0.05, 0) is 39.5 Å². The Morgan fingerprint density at radius 2 is 2.11 bits per heavy atom. The molecule has 1 saturated carbocycles. The quantitative estimate of drug-likeness (QED) is 0.768. The number of fused-ring (bicyclic) bond motifs is 1. The van der Waals surface area contributed by atoms with Crippen LogP contribution in [0.2, 0.25) is 0 Å². The summed E-state index contributed by atoms with van der Waals surface area (Å²) in [5.41, 5.74) is 0.753. The normalized spacial score (nSPS) is 18.9. The Bertz CT molecular complexity index is 483. The van der Waals surface area contributed by atoms with Crippen molar-refractivity contribution in [3.8, 4) is 0 Å². The monoisotopic (exact) mass is 249 g/mol. The molecule has 0 unspecified atom stereocenters. The minimum absolute atomic E-state index is 0.261. The first-order valence-corrected chi connectivity index (χ1v) is 6.52. The second-order valence-corrected chi connectivity index (χ2v) is 6.05. The van der Waals surface area contributed by atoms with Crippen molar-refractivity contribution in [2.24, 2.45) is 0 Å². The van der Waals surface area contributed by atoms with E-state index in [9.17, 15) is 4.79 Å². The third-order valence-corrected chi connectivity index (χ3v) is 3.26. The summed E-state index contributed by atoms with van der Waals surface area (Å²) in [6, 6.07) is 0. The van der Waals surface area contributed by atoms with Gasteiger partial charge in [-0.2, -0.15) is 5.10 Å². The molecule has 1 aliphatic carbocycles. The molecule has 1 aliphatic heterocycles. The van der Waals surface area contributed by atoms with Gasteiger partial charge in [-0.1, -0.05) is 0 Å². The van der Waals surface area contributed by atoms with E-state index in [1.165, 1.54) is 18.4 Å². The van der Waals surface area contributed by atoms with Crippen LogP contribution in [0, 0.1) is 0 Å². The molecule has 5 heteroatoms. The SMILES string of the molecule is CC(C)(C)OC(=O)N1CCn2ncc(C3CC3)c21. The molecule has 18 heavy (non-hydrogen) atoms. The molecular formula is C13H19N3O2. The lowest BCUT2D eigenvalue weighted by atomic mass is 10.2. The van der Waals surface area contributed by atoms with Crippen molar-refractivity contribution in [2.45, 2.75) is 51.7 Å². The predicted molar refractivity (Wildman–Crippen MR) is 67.8 cm³/mol. The van der Waals surface area contributed by atoms with Gasteiger partial charge in [-0.15, -0.1) is 0 Å². The second kappa shape index (κ2) is 3.73. The molecule has 0 N–H and O–H groups in total. The summed E-state index contributed by atoms with van der Waals surface area (Å²) >= 11 is 0. The molecule has 1 aromatic rings. The van der Waals surface area contributed by atoms with Gasteiger partial charge in [-0.3, -0.25) is 4.90 Å². The summed E-state index contributed by atoms with van der Waals surface area (Å²) in [6.45, 7) is 7.10. The number of hydrogen-bond acceptors (Lipinski definition) is 3. The van der Waals surface area contributed by atoms with Gasteiger partial charge in [0.2, 0.25) is 0 Å². The van der Waals surface area contributed by atoms with Gasteiger partial charge >= 0.3 is 6.09 Å². The van der Waals surface area contributed by atoms with Gasteiger partial charge in [0.05, 0.1) is 19.3 Å². The Labute approximate surface area is 107 Å². The summed E-state index contributed by atoms with van der Waals surface area (Å²) < 4.78 is 7.36. The number of rotatable bonds is 1. The van der Waals surface area contributed by atoms with Crippen LogP contribution < -0.4 is 4.90 Å². The van der Waals surface area contributed by atoms with Crippen LogP contribution in [0.3, 0.4) is 0 Å². The van der Waals surface area contributed by atoms with Crippen LogP contribution in [-0.2, 0) is 11.3 Å². The molecule has 0 radical (unpaired) electrons. The van der Waals surface area contributed by atoms with Crippen molar-refractivity contribution in [1.29, 1.82) is 0 Å². The molecule has 5 nitrogen and oxygen atoms in total. The summed E-state index contributed by atoms with van der Waals surface area (Å²) in [7, 11) is 0. The molecular weight excluding hydrogens is 230 g/mol. The minimum Gasteiger partial charge on any atom is -0.443 e. The first-order chi connectivity index (χ1) is 8.46. The topological polar surface area (TPSA) is 47.4 Å². The maximum atomic E-state index is 12.2. The number of aromatic nitrogens is 2. The molecule has 1 amide bonds. The van der Waals surface area contributed by atoms with E-state index >= 15 is 0 Å². The van der Waals surface area contributed by atoms with Crippen molar-refractivity contribution in [3.05, 3.63) is 11.8 Å². The van der Waals surface area contributed by atoms with Crippen molar-refractivity contribution in [2.75, 3.05) is 11.4 Å². The maximum Gasteiger partial charge on any atom is 0.416 e. The average molecular weight is 249 g/mol. The van der Waals surface area contributed by atoms with Crippen molar-refractivity contribution in [3.63, 3.8) is 0 Å². The van der Waals surface area contributed by atoms with Crippen LogP contribution >= 0.6 is 0 Å². The Morgan fingerprint density at radius 1 is 1.39 bits per heavy atom. The molecule has 0 bridgehead atoms. The van der Waals surface area contributed by atoms with Gasteiger partial charge in [0.25, 0.3) is 0 Å². The Balaban J connectivity index is 1.85. The van der Waals surface area contributed by atoms with E-state index in [0.717, 1.165) is 12.4 Å². The third kappa shape index (κ3) is 1.98. The largest absolute Gasteiger partial charge is 0.443 e. The smallest absolute Gasteiger partial charge is 0.416 e. The summed E-state index contributed by atoms with van der Waals surface area (Å²) in [6.07, 6.45) is 4.06. The summed E-state index contributed by atoms with van der Waals surface area (Å²) in [4.78, 5) is 13.9. The zero-order chi connectivity index (χ0) is 12.9. The fraction of sp³-hybridized carbons (Fsp3) is 0.692. The molecule has 0 aromatic carbocycles. The number of carbonyl (C=O) groups excluding carboxylic acids is 1. The predicted octanol–water partition coefficient (Wildman–Crippen LogP) is 2.52. The van der Waals surface area contributed by atoms with Crippen LogP contribution in [0.1, 0.15) is 45.1 Å². The van der Waals surface area contributed by atoms with E-state index in [2.05, 4.69) is 5.10 Å². The number of carbonyl (C=O) groups is 1. The van der Waals surface area contributed by atoms with E-state index in [4.69, 9.17) is 4.74 Å². The highest BCUT2D eigenvalue weighted by molar-refractivity contribution is 5.88. The lowest BCUT2D eigenvalue weighted by molar-refractivity contribution is 0.0583. The van der Waals surface area contributed by atoms with Gasteiger partial charge < -0.3 is 4.74 Å². The average Bonchev–Trinajstić information content (AvgIpc) is 2.86. The van der Waals surface area contributed by atoms with Gasteiger partial charge in [-0.25, -0.2) is 9.48 Å². The van der Waals surface area contributed by atoms with E-state index in [0.29, 0.717) is 12.5 Å². The molecule has 0 spiro atoms. The molecule has 1 aromatic heterocycles. The molecule has 0 atom stereocenters. The second-order valence-electron chi connectivity index (χ2n) is 6.05. The standard InChI is InChI=1S/C13H19N3O2/c1-13(2,3)18-12(17)15-6-7-16-11(15)10(8-14-16)9-4-5-9/h8-9H,4-7H2,1-3H3. The van der Waals surface area contributed by atoms with Crippen LogP contribution in [0.4, 0.5) is 10.6 Å². The highest BCUT2D eigenvalue weighted by Gasteiger charge is 2.37. The van der Waals surface area contributed by atoms with Crippen LogP contribution in [-0.4, -0.2) is 28.0 Å². The van der Waals surface area contributed by atoms with Crippen LogP contribution in [0.15, 0.2) is 6.20 Å². The molecule has 3 rings (SSSR count). The highest BCUT2D eigenvalue weighted by atomic mass is 16.6. The summed E-state index contributed by atoms with van der Waals surface area (Å²) in [5, 5.41) is 4.35. The van der Waals surface area contributed by atoms with E-state index in [1.807, 2.05) is 31.6 Å². The highest BCUT2D eigenvalue weighted by Crippen LogP contribution is 2.45. The maximum absolute atomic E-state index is 12.2. The first kappa shape index (κ1) is 11.6. The van der Waals surface area contributed by atoms with E-state index in [-0.39, 0.29) is 6.09 Å². The van der Waals surface area contributed by atoms with Crippen molar-refractivity contribution < 1.29 is 9.53 Å². The Morgan fingerprint density at radius 3 is 2.72 bits per heavy atom. The lowest BCUT2D eigenvalue weighted by Gasteiger charge is -2.24. The number of ether oxygens (including phenoxy) is 1. The van der Waals surface area contributed by atoms with Crippen LogP contribution in [0.25, 0.3) is 0 Å². The van der Waals surface area contributed by atoms with Crippen molar-refractivity contribution >= 4 is 11.9 Å². The van der Waals surface area contributed by atoms with Gasteiger partial charge in [0.15, 0.2) is 0 Å². The van der Waals surface area contributed by atoms with Gasteiger partial charge in [0.1, 0.15) is 11.4 Å². The Hall–Kier alpha value is -1.52. The lowest BCUT2D eigenvalue weighted by Crippen LogP contribution is -2.36. The number of anilines is 1. The number of amides is 1. The zero-order valence-corrected chi connectivity index (χ0v) is 11.1. The zero-order valence-electron chi connectivity index (χ0n) is 11.1. The fourth-order valence-electron chi connectivity index (χ4n) is 2.33. The van der Waals surface area contributed by atoms with Gasteiger partial charge in [0, 0.05) is 5.56 Å². The fourth-order valence-corrected chi connectivity index (χ4v) is 2.33. The first-order valence-electron chi connectivity index (χ1n) is 6.52. The van der Waals surface area contributed by atoms with E-state index < -0.39 is 5.60 Å². The Kier molecular flexibility index (Phi) is 2.40. The van der Waals surface area contributed by atoms with Crippen molar-refractivity contribution in [1.82, 2.24) is 9.78 Å². The van der Waals surface area contributed by atoms with Crippen LogP contribution in [0.5, 0.6) is 0 Å². The molecule has 0 saturated heterocycles. The summed E-state index contributed by atoms with van der Waals surface area (Å²) in [5.74, 6) is 1.54. The number of nitrogens with zero attached hydrogens (tertiary/aromatic N) is 3. The van der Waals surface area contributed by atoms with E-state index in [1.54, 1.807) is 4.90 Å². The molecule has 1 fully saturated rings. The molecule has 98 valence electrons. The molecule has 2 heterocycles. The molecule has 2 aliphatic rings. The minimum atomic E-state index is -0.454. The third-order valence-electron chi connectivity index (χ3n) is 3.26.